The van der Waals surface area contributed by atoms with Crippen LogP contribution in [0, 0.1) is 11.6 Å². The first-order valence-corrected chi connectivity index (χ1v) is 10.0. The molecular formula is C25H25F2NO. The van der Waals surface area contributed by atoms with E-state index in [2.05, 4.69) is 29.6 Å². The Morgan fingerprint density at radius 2 is 1.45 bits per heavy atom. The Morgan fingerprint density at radius 3 is 2.10 bits per heavy atom. The topological polar surface area (TPSA) is 21.3 Å². The third-order valence-corrected chi connectivity index (χ3v) is 5.81. The summed E-state index contributed by atoms with van der Waals surface area (Å²) in [5, 5.41) is 3.57. The molecule has 2 nitrogen and oxygen atoms in total. The maximum atomic E-state index is 13.8. The normalized spacial score (nSPS) is 15.9. The van der Waals surface area contributed by atoms with E-state index >= 15 is 0 Å². The lowest BCUT2D eigenvalue weighted by molar-refractivity contribution is 0.0497. The summed E-state index contributed by atoms with van der Waals surface area (Å²) in [6.45, 7) is 2.91. The number of halogens is 2. The van der Waals surface area contributed by atoms with E-state index in [-0.39, 0.29) is 17.0 Å². The molecular weight excluding hydrogens is 368 g/mol. The third-order valence-electron chi connectivity index (χ3n) is 5.81. The SMILES string of the molecule is Fc1ccc(-c2ccc(CNCC3(c4cccc(F)c4)CCOCC3)cc2)cc1. The molecule has 4 heteroatoms. The van der Waals surface area contributed by atoms with Crippen molar-refractivity contribution >= 4 is 0 Å². The summed E-state index contributed by atoms with van der Waals surface area (Å²) in [7, 11) is 0. The van der Waals surface area contributed by atoms with E-state index in [9.17, 15) is 8.78 Å². The lowest BCUT2D eigenvalue weighted by Gasteiger charge is -2.38. The van der Waals surface area contributed by atoms with Gasteiger partial charge in [-0.05, 0) is 59.4 Å². The molecule has 0 atom stereocenters. The smallest absolute Gasteiger partial charge is 0.123 e. The Kier molecular flexibility index (Phi) is 6.02. The first-order chi connectivity index (χ1) is 14.1. The molecule has 1 aliphatic heterocycles. The van der Waals surface area contributed by atoms with Crippen molar-refractivity contribution in [2.45, 2.75) is 24.8 Å². The quantitative estimate of drug-likeness (QED) is 0.600. The molecule has 4 rings (SSSR count). The molecule has 0 radical (unpaired) electrons. The van der Waals surface area contributed by atoms with Gasteiger partial charge in [-0.2, -0.15) is 0 Å². The fourth-order valence-corrected chi connectivity index (χ4v) is 4.05. The van der Waals surface area contributed by atoms with Crippen LogP contribution < -0.4 is 5.32 Å². The summed E-state index contributed by atoms with van der Waals surface area (Å²) in [4.78, 5) is 0. The molecule has 1 saturated heterocycles. The maximum Gasteiger partial charge on any atom is 0.123 e. The van der Waals surface area contributed by atoms with Gasteiger partial charge in [-0.25, -0.2) is 8.78 Å². The van der Waals surface area contributed by atoms with Gasteiger partial charge in [0.05, 0.1) is 0 Å². The average molecular weight is 393 g/mol. The fraction of sp³-hybridized carbons (Fsp3) is 0.280. The van der Waals surface area contributed by atoms with Gasteiger partial charge in [0.2, 0.25) is 0 Å². The fourth-order valence-electron chi connectivity index (χ4n) is 4.05. The van der Waals surface area contributed by atoms with Crippen molar-refractivity contribution < 1.29 is 13.5 Å². The predicted molar refractivity (Wildman–Crippen MR) is 112 cm³/mol. The summed E-state index contributed by atoms with van der Waals surface area (Å²) >= 11 is 0. The standard InChI is InChI=1S/C25H25F2NO/c26-23-10-8-21(9-11-23)20-6-4-19(5-7-20)17-28-18-25(12-14-29-15-13-25)22-2-1-3-24(27)16-22/h1-11,16,28H,12-15,17-18H2. The van der Waals surface area contributed by atoms with Crippen molar-refractivity contribution in [2.24, 2.45) is 0 Å². The largest absolute Gasteiger partial charge is 0.381 e. The molecule has 3 aromatic carbocycles. The van der Waals surface area contributed by atoms with Gasteiger partial charge in [0.1, 0.15) is 11.6 Å². The molecule has 0 spiro atoms. The highest BCUT2D eigenvalue weighted by Crippen LogP contribution is 2.34. The molecule has 150 valence electrons. The molecule has 29 heavy (non-hydrogen) atoms. The van der Waals surface area contributed by atoms with E-state index in [1.54, 1.807) is 24.3 Å². The van der Waals surface area contributed by atoms with Gasteiger partial charge in [0.15, 0.2) is 0 Å². The Hall–Kier alpha value is -2.56. The summed E-state index contributed by atoms with van der Waals surface area (Å²) in [6.07, 6.45) is 1.76. The van der Waals surface area contributed by atoms with Gasteiger partial charge in [0.25, 0.3) is 0 Å². The molecule has 0 bridgehead atoms. The van der Waals surface area contributed by atoms with Crippen molar-refractivity contribution in [2.75, 3.05) is 19.8 Å². The van der Waals surface area contributed by atoms with Crippen molar-refractivity contribution in [1.82, 2.24) is 5.32 Å². The van der Waals surface area contributed by atoms with Crippen LogP contribution in [0.5, 0.6) is 0 Å². The van der Waals surface area contributed by atoms with Crippen molar-refractivity contribution in [1.29, 1.82) is 0 Å². The van der Waals surface area contributed by atoms with Gasteiger partial charge in [-0.1, -0.05) is 48.5 Å². The first-order valence-electron chi connectivity index (χ1n) is 10.0. The van der Waals surface area contributed by atoms with Crippen LogP contribution in [0.15, 0.2) is 72.8 Å². The molecule has 0 saturated carbocycles. The second-order valence-electron chi connectivity index (χ2n) is 7.71. The lowest BCUT2D eigenvalue weighted by Crippen LogP contribution is -2.42. The van der Waals surface area contributed by atoms with Gasteiger partial charge in [0, 0.05) is 31.7 Å². The average Bonchev–Trinajstić information content (AvgIpc) is 2.76. The van der Waals surface area contributed by atoms with Crippen molar-refractivity contribution in [3.8, 4) is 11.1 Å². The van der Waals surface area contributed by atoms with Crippen LogP contribution in [0.4, 0.5) is 8.78 Å². The zero-order chi connectivity index (χ0) is 20.1. The van der Waals surface area contributed by atoms with Gasteiger partial charge < -0.3 is 10.1 Å². The third kappa shape index (κ3) is 4.72. The summed E-state index contributed by atoms with van der Waals surface area (Å²) in [5.41, 5.74) is 4.18. The highest BCUT2D eigenvalue weighted by molar-refractivity contribution is 5.63. The minimum absolute atomic E-state index is 0.103. The van der Waals surface area contributed by atoms with E-state index in [4.69, 9.17) is 4.74 Å². The van der Waals surface area contributed by atoms with Crippen LogP contribution in [0.2, 0.25) is 0 Å². The van der Waals surface area contributed by atoms with E-state index in [1.807, 2.05) is 6.07 Å². The number of benzene rings is 3. The molecule has 1 fully saturated rings. The highest BCUT2D eigenvalue weighted by atomic mass is 19.1. The maximum absolute atomic E-state index is 13.8. The molecule has 0 unspecified atom stereocenters. The van der Waals surface area contributed by atoms with Crippen LogP contribution >= 0.6 is 0 Å². The minimum Gasteiger partial charge on any atom is -0.381 e. The summed E-state index contributed by atoms with van der Waals surface area (Å²) in [6, 6.07) is 21.8. The Labute approximate surface area is 170 Å². The van der Waals surface area contributed by atoms with Crippen LogP contribution in [-0.4, -0.2) is 19.8 Å². The second kappa shape index (κ2) is 8.85. The molecule has 0 aliphatic carbocycles. The van der Waals surface area contributed by atoms with E-state index in [0.717, 1.165) is 42.6 Å². The Balaban J connectivity index is 1.42. The van der Waals surface area contributed by atoms with Crippen molar-refractivity contribution in [3.63, 3.8) is 0 Å². The molecule has 0 aromatic heterocycles. The van der Waals surface area contributed by atoms with Crippen LogP contribution in [0.25, 0.3) is 11.1 Å². The van der Waals surface area contributed by atoms with E-state index in [0.29, 0.717) is 13.2 Å². The monoisotopic (exact) mass is 393 g/mol. The zero-order valence-electron chi connectivity index (χ0n) is 16.3. The predicted octanol–water partition coefficient (Wildman–Crippen LogP) is 5.47. The van der Waals surface area contributed by atoms with Crippen LogP contribution in [0.3, 0.4) is 0 Å². The summed E-state index contributed by atoms with van der Waals surface area (Å²) < 4.78 is 32.5. The zero-order valence-corrected chi connectivity index (χ0v) is 16.3. The number of hydrogen-bond donors (Lipinski definition) is 1. The lowest BCUT2D eigenvalue weighted by atomic mass is 9.74. The van der Waals surface area contributed by atoms with Gasteiger partial charge in [-0.3, -0.25) is 0 Å². The van der Waals surface area contributed by atoms with Crippen LogP contribution in [-0.2, 0) is 16.7 Å². The molecule has 1 aliphatic rings. The molecule has 1 N–H and O–H groups in total. The second-order valence-corrected chi connectivity index (χ2v) is 7.71. The van der Waals surface area contributed by atoms with E-state index in [1.165, 1.54) is 23.8 Å². The van der Waals surface area contributed by atoms with Crippen molar-refractivity contribution in [3.05, 3.63) is 95.6 Å². The molecule has 1 heterocycles. The number of nitrogens with one attached hydrogen (secondary N) is 1. The van der Waals surface area contributed by atoms with Gasteiger partial charge in [-0.15, -0.1) is 0 Å². The summed E-state index contributed by atoms with van der Waals surface area (Å²) in [5.74, 6) is -0.417. The van der Waals surface area contributed by atoms with Gasteiger partial charge >= 0.3 is 0 Å². The number of ether oxygens (including phenoxy) is 1. The Bertz CT molecular complexity index is 932. The Morgan fingerprint density at radius 1 is 0.793 bits per heavy atom. The molecule has 0 amide bonds. The molecule has 3 aromatic rings. The number of rotatable bonds is 6. The minimum atomic E-state index is -0.227. The highest BCUT2D eigenvalue weighted by Gasteiger charge is 2.34. The first kappa shape index (κ1) is 19.7. The van der Waals surface area contributed by atoms with Crippen LogP contribution in [0.1, 0.15) is 24.0 Å². The number of hydrogen-bond acceptors (Lipinski definition) is 2. The van der Waals surface area contributed by atoms with E-state index < -0.39 is 0 Å².